The topological polar surface area (TPSA) is 54.3 Å². The summed E-state index contributed by atoms with van der Waals surface area (Å²) < 4.78 is 39.1. The third-order valence-electron chi connectivity index (χ3n) is 3.98. The van der Waals surface area contributed by atoms with E-state index in [2.05, 4.69) is 5.32 Å². The minimum absolute atomic E-state index is 0.0259. The van der Waals surface area contributed by atoms with Gasteiger partial charge in [0.2, 0.25) is 0 Å². The Morgan fingerprint density at radius 2 is 1.96 bits per heavy atom. The van der Waals surface area contributed by atoms with E-state index in [1.165, 1.54) is 28.8 Å². The van der Waals surface area contributed by atoms with Crippen LogP contribution in [0.1, 0.15) is 28.9 Å². The Bertz CT molecular complexity index is 910. The molecule has 1 aromatic carbocycles. The Kier molecular flexibility index (Phi) is 6.95. The van der Waals surface area contributed by atoms with Crippen LogP contribution in [0.5, 0.6) is 0 Å². The van der Waals surface area contributed by atoms with E-state index in [0.717, 1.165) is 0 Å². The van der Waals surface area contributed by atoms with Gasteiger partial charge in [0.05, 0.1) is 0 Å². The van der Waals surface area contributed by atoms with Crippen LogP contribution in [0.2, 0.25) is 0 Å². The molecular formula is C19H22F3N3O2S. The van der Waals surface area contributed by atoms with Crippen molar-refractivity contribution in [1.82, 2.24) is 9.47 Å². The lowest BCUT2D eigenvalue weighted by molar-refractivity contribution is -0.0328. The zero-order valence-corrected chi connectivity index (χ0v) is 16.8. The summed E-state index contributed by atoms with van der Waals surface area (Å²) in [6.45, 7) is 4.13. The predicted octanol–water partition coefficient (Wildman–Crippen LogP) is 4.14. The third kappa shape index (κ3) is 5.87. The third-order valence-corrected chi connectivity index (χ3v) is 4.71. The Labute approximate surface area is 165 Å². The van der Waals surface area contributed by atoms with E-state index in [-0.39, 0.29) is 34.0 Å². The summed E-state index contributed by atoms with van der Waals surface area (Å²) in [7, 11) is 3.77. The molecule has 0 saturated heterocycles. The van der Waals surface area contributed by atoms with Crippen LogP contribution in [0.3, 0.4) is 0 Å². The van der Waals surface area contributed by atoms with Crippen molar-refractivity contribution in [3.63, 3.8) is 0 Å². The number of nitrogens with one attached hydrogen (secondary N) is 1. The molecule has 1 atom stereocenters. The number of nitrogens with zero attached hydrogens (tertiary/aromatic N) is 2. The summed E-state index contributed by atoms with van der Waals surface area (Å²) >= 11 is -0.266. The first kappa shape index (κ1) is 22.0. The van der Waals surface area contributed by atoms with Crippen LogP contribution in [-0.2, 0) is 0 Å². The highest BCUT2D eigenvalue weighted by Gasteiger charge is 2.29. The van der Waals surface area contributed by atoms with Crippen molar-refractivity contribution in [1.29, 1.82) is 0 Å². The summed E-state index contributed by atoms with van der Waals surface area (Å²) in [5, 5.41) is 2.53. The van der Waals surface area contributed by atoms with Crippen molar-refractivity contribution < 1.29 is 18.0 Å². The molecule has 0 aliphatic carbocycles. The second-order valence-electron chi connectivity index (χ2n) is 6.73. The van der Waals surface area contributed by atoms with Crippen LogP contribution in [0, 0.1) is 6.92 Å². The summed E-state index contributed by atoms with van der Waals surface area (Å²) in [4.78, 5) is 27.4. The second kappa shape index (κ2) is 8.83. The van der Waals surface area contributed by atoms with Crippen molar-refractivity contribution in [2.75, 3.05) is 26.0 Å². The van der Waals surface area contributed by atoms with Crippen LogP contribution in [0.4, 0.5) is 18.9 Å². The Morgan fingerprint density at radius 1 is 1.29 bits per heavy atom. The second-order valence-corrected chi connectivity index (χ2v) is 7.87. The number of hydrogen-bond acceptors (Lipinski definition) is 4. The van der Waals surface area contributed by atoms with Crippen molar-refractivity contribution in [3.8, 4) is 0 Å². The first-order valence-corrected chi connectivity index (χ1v) is 9.33. The smallest absolute Gasteiger partial charge is 0.322 e. The van der Waals surface area contributed by atoms with E-state index in [1.54, 1.807) is 19.2 Å². The number of pyridine rings is 1. The van der Waals surface area contributed by atoms with Gasteiger partial charge in [-0.1, -0.05) is 6.07 Å². The number of anilines is 1. The molecule has 2 rings (SSSR count). The molecule has 1 N–H and O–H groups in total. The Hall–Kier alpha value is -2.26. The van der Waals surface area contributed by atoms with Gasteiger partial charge in [-0.15, -0.1) is 0 Å². The number of aromatic nitrogens is 1. The SMILES string of the molecule is Cc1ccn(C(C)CN(C)C)c(=O)c1C(=O)Nc1cccc(SC(F)(F)F)c1. The largest absolute Gasteiger partial charge is 0.446 e. The summed E-state index contributed by atoms with van der Waals surface area (Å²) in [6, 6.07) is 6.95. The lowest BCUT2D eigenvalue weighted by atomic mass is 10.1. The zero-order valence-electron chi connectivity index (χ0n) is 16.0. The van der Waals surface area contributed by atoms with Gasteiger partial charge in [-0.2, -0.15) is 13.2 Å². The fraction of sp³-hybridized carbons (Fsp3) is 0.368. The number of alkyl halides is 3. The molecule has 0 radical (unpaired) electrons. The van der Waals surface area contributed by atoms with E-state index in [4.69, 9.17) is 0 Å². The minimum Gasteiger partial charge on any atom is -0.322 e. The molecule has 0 aliphatic heterocycles. The van der Waals surface area contributed by atoms with Gasteiger partial charge in [-0.3, -0.25) is 9.59 Å². The molecule has 1 unspecified atom stereocenters. The van der Waals surface area contributed by atoms with Gasteiger partial charge in [0.1, 0.15) is 5.56 Å². The average Bonchev–Trinajstić information content (AvgIpc) is 2.52. The van der Waals surface area contributed by atoms with E-state index >= 15 is 0 Å². The maximum absolute atomic E-state index is 12.8. The number of carbonyl (C=O) groups is 1. The average molecular weight is 413 g/mol. The fourth-order valence-corrected chi connectivity index (χ4v) is 3.44. The van der Waals surface area contributed by atoms with Gasteiger partial charge >= 0.3 is 5.51 Å². The van der Waals surface area contributed by atoms with Gasteiger partial charge in [0.15, 0.2) is 0 Å². The standard InChI is InChI=1S/C19H22F3N3O2S/c1-12-8-9-25(13(2)11-24(3)4)18(27)16(12)17(26)23-14-6-5-7-15(10-14)28-19(20,21)22/h5-10,13H,11H2,1-4H3,(H,23,26). The van der Waals surface area contributed by atoms with Crippen molar-refractivity contribution >= 4 is 23.4 Å². The highest BCUT2D eigenvalue weighted by Crippen LogP contribution is 2.37. The molecule has 0 aliphatic rings. The number of aryl methyl sites for hydroxylation is 1. The minimum atomic E-state index is -4.42. The number of carbonyl (C=O) groups excluding carboxylic acids is 1. The van der Waals surface area contributed by atoms with Crippen LogP contribution < -0.4 is 10.9 Å². The van der Waals surface area contributed by atoms with Crippen LogP contribution in [0.25, 0.3) is 0 Å². The quantitative estimate of drug-likeness (QED) is 0.723. The molecule has 1 heterocycles. The molecule has 0 saturated carbocycles. The molecule has 2 aromatic rings. The van der Waals surface area contributed by atoms with E-state index in [1.807, 2.05) is 25.9 Å². The number of hydrogen-bond donors (Lipinski definition) is 1. The Balaban J connectivity index is 2.30. The Morgan fingerprint density at radius 3 is 2.57 bits per heavy atom. The summed E-state index contributed by atoms with van der Waals surface area (Å²) in [5.74, 6) is -0.650. The summed E-state index contributed by atoms with van der Waals surface area (Å²) in [6.07, 6.45) is 1.64. The normalized spacial score (nSPS) is 12.9. The van der Waals surface area contributed by atoms with Gasteiger partial charge in [0, 0.05) is 29.4 Å². The van der Waals surface area contributed by atoms with E-state index < -0.39 is 17.0 Å². The lowest BCUT2D eigenvalue weighted by Gasteiger charge is -2.20. The van der Waals surface area contributed by atoms with Crippen molar-refractivity contribution in [3.05, 3.63) is 58.0 Å². The molecule has 5 nitrogen and oxygen atoms in total. The molecule has 0 bridgehead atoms. The molecule has 1 amide bonds. The number of likely N-dealkylation sites (N-methyl/N-ethyl adjacent to an activating group) is 1. The van der Waals surface area contributed by atoms with Gasteiger partial charge in [0.25, 0.3) is 11.5 Å². The van der Waals surface area contributed by atoms with Gasteiger partial charge < -0.3 is 14.8 Å². The number of amides is 1. The van der Waals surface area contributed by atoms with Crippen LogP contribution >= 0.6 is 11.8 Å². The molecule has 152 valence electrons. The fourth-order valence-electron chi connectivity index (χ4n) is 2.85. The molecule has 0 spiro atoms. The zero-order chi connectivity index (χ0) is 21.1. The van der Waals surface area contributed by atoms with Crippen molar-refractivity contribution in [2.24, 2.45) is 0 Å². The first-order chi connectivity index (χ1) is 13.0. The first-order valence-electron chi connectivity index (χ1n) is 8.51. The highest BCUT2D eigenvalue weighted by atomic mass is 32.2. The number of thioether (sulfide) groups is 1. The number of benzene rings is 1. The van der Waals surface area contributed by atoms with E-state index in [9.17, 15) is 22.8 Å². The van der Waals surface area contributed by atoms with Crippen molar-refractivity contribution in [2.45, 2.75) is 30.3 Å². The number of rotatable bonds is 6. The molecular weight excluding hydrogens is 391 g/mol. The molecule has 28 heavy (non-hydrogen) atoms. The van der Waals surface area contributed by atoms with Gasteiger partial charge in [-0.05, 0) is 69.5 Å². The lowest BCUT2D eigenvalue weighted by Crippen LogP contribution is -2.34. The predicted molar refractivity (Wildman–Crippen MR) is 105 cm³/mol. The highest BCUT2D eigenvalue weighted by molar-refractivity contribution is 8.00. The van der Waals surface area contributed by atoms with Crippen LogP contribution in [-0.4, -0.2) is 41.5 Å². The molecule has 1 aromatic heterocycles. The molecule has 0 fully saturated rings. The maximum Gasteiger partial charge on any atom is 0.446 e. The number of halogens is 3. The van der Waals surface area contributed by atoms with Crippen LogP contribution in [0.15, 0.2) is 46.2 Å². The summed E-state index contributed by atoms with van der Waals surface area (Å²) in [5.41, 5.74) is -4.20. The van der Waals surface area contributed by atoms with Gasteiger partial charge in [-0.25, -0.2) is 0 Å². The van der Waals surface area contributed by atoms with E-state index in [0.29, 0.717) is 12.1 Å². The monoisotopic (exact) mass is 413 g/mol. The maximum atomic E-state index is 12.8. The molecule has 9 heteroatoms.